The molecule has 0 fully saturated rings. The zero-order valence-corrected chi connectivity index (χ0v) is 25.8. The Morgan fingerprint density at radius 3 is 1.65 bits per heavy atom. The van der Waals surface area contributed by atoms with Gasteiger partial charge in [-0.3, -0.25) is 0 Å². The quantitative estimate of drug-likeness (QED) is 0.166. The zero-order chi connectivity index (χ0) is 30.7. The molecule has 1 nitrogen and oxygen atoms in total. The molecule has 1 unspecified atom stereocenters. The molecule has 7 aromatic carbocycles. The maximum absolute atomic E-state index is 2.37. The largest absolute Gasteiger partial charge is 0.309 e. The van der Waals surface area contributed by atoms with Crippen LogP contribution in [0.3, 0.4) is 0 Å². The lowest BCUT2D eigenvalue weighted by Crippen LogP contribution is -2.03. The van der Waals surface area contributed by atoms with Gasteiger partial charge in [0.25, 0.3) is 0 Å². The summed E-state index contributed by atoms with van der Waals surface area (Å²) in [4.78, 5) is 0. The number of fused-ring (bicyclic) bond motifs is 3. The zero-order valence-electron chi connectivity index (χ0n) is 25.8. The molecule has 0 aliphatic carbocycles. The van der Waals surface area contributed by atoms with Crippen LogP contribution in [0, 0.1) is 0 Å². The van der Waals surface area contributed by atoms with Crippen molar-refractivity contribution in [2.45, 2.75) is 18.8 Å². The molecule has 0 saturated heterocycles. The molecule has 0 N–H and O–H groups in total. The first-order valence-electron chi connectivity index (χ1n) is 16.2. The highest BCUT2D eigenvalue weighted by atomic mass is 15.0. The van der Waals surface area contributed by atoms with E-state index < -0.39 is 0 Å². The smallest absolute Gasteiger partial charge is 0.0541 e. The van der Waals surface area contributed by atoms with E-state index in [-0.39, 0.29) is 0 Å². The van der Waals surface area contributed by atoms with Crippen LogP contribution < -0.4 is 0 Å². The molecule has 0 saturated carbocycles. The first kappa shape index (κ1) is 27.9. The van der Waals surface area contributed by atoms with E-state index in [1.54, 1.807) is 0 Å². The van der Waals surface area contributed by atoms with E-state index in [0.717, 1.165) is 12.8 Å². The number of hydrogen-bond donors (Lipinski definition) is 0. The molecule has 1 heteroatoms. The van der Waals surface area contributed by atoms with Crippen molar-refractivity contribution in [3.8, 4) is 27.9 Å². The highest BCUT2D eigenvalue weighted by Gasteiger charge is 2.16. The fourth-order valence-electron chi connectivity index (χ4n) is 6.93. The number of benzene rings is 7. The molecule has 1 heterocycles. The number of para-hydroxylation sites is 2. The van der Waals surface area contributed by atoms with Crippen molar-refractivity contribution in [3.05, 3.63) is 199 Å². The summed E-state index contributed by atoms with van der Waals surface area (Å²) >= 11 is 0. The fraction of sp³-hybridized carbons (Fsp3) is 0.0667. The molecular weight excluding hydrogens is 555 g/mol. The Kier molecular flexibility index (Phi) is 7.50. The van der Waals surface area contributed by atoms with Crippen LogP contribution in [0.4, 0.5) is 0 Å². The average Bonchev–Trinajstić information content (AvgIpc) is 3.47. The SMILES string of the molecule is c1ccc(-c2ccc(C(CCc3ccc(-c4ccc5c(c4)c4ccccc4n5-c4ccccc4)cc3)c3ccccc3)cc2)cc1. The van der Waals surface area contributed by atoms with Crippen LogP contribution in [0.25, 0.3) is 49.7 Å². The summed E-state index contributed by atoms with van der Waals surface area (Å²) in [5, 5.41) is 2.56. The number of hydrogen-bond acceptors (Lipinski definition) is 0. The van der Waals surface area contributed by atoms with Gasteiger partial charge in [-0.2, -0.15) is 0 Å². The van der Waals surface area contributed by atoms with Gasteiger partial charge in [0.15, 0.2) is 0 Å². The van der Waals surface area contributed by atoms with Gasteiger partial charge in [0, 0.05) is 22.4 Å². The third-order valence-electron chi connectivity index (χ3n) is 9.32. The van der Waals surface area contributed by atoms with Crippen molar-refractivity contribution in [3.63, 3.8) is 0 Å². The predicted octanol–water partition coefficient (Wildman–Crippen LogP) is 11.9. The molecular formula is C45H35N. The summed E-state index contributed by atoms with van der Waals surface area (Å²) in [5.41, 5.74) is 12.8. The van der Waals surface area contributed by atoms with E-state index in [0.29, 0.717) is 5.92 Å². The van der Waals surface area contributed by atoms with E-state index in [1.807, 2.05) is 0 Å². The standard InChI is InChI=1S/C45H35N/c1-4-12-34(13-5-1)35-25-27-38(28-26-35)41(37-14-6-2-7-15-37)30-22-33-20-23-36(24-21-33)39-29-31-45-43(32-39)42-18-10-11-19-44(42)46(45)40-16-8-3-9-17-40/h1-21,23-29,31-32,41H,22,30H2. The van der Waals surface area contributed by atoms with Crippen LogP contribution in [0.15, 0.2) is 182 Å². The van der Waals surface area contributed by atoms with Gasteiger partial charge in [0.05, 0.1) is 11.0 Å². The molecule has 8 aromatic rings. The minimum absolute atomic E-state index is 0.343. The van der Waals surface area contributed by atoms with E-state index in [9.17, 15) is 0 Å². The van der Waals surface area contributed by atoms with E-state index in [4.69, 9.17) is 0 Å². The van der Waals surface area contributed by atoms with Crippen molar-refractivity contribution in [2.75, 3.05) is 0 Å². The van der Waals surface area contributed by atoms with Crippen LogP contribution in [-0.4, -0.2) is 4.57 Å². The molecule has 0 spiro atoms. The maximum Gasteiger partial charge on any atom is 0.0541 e. The second-order valence-corrected chi connectivity index (χ2v) is 12.1. The van der Waals surface area contributed by atoms with Crippen molar-refractivity contribution >= 4 is 21.8 Å². The summed E-state index contributed by atoms with van der Waals surface area (Å²) < 4.78 is 2.37. The Hall–Kier alpha value is -5.66. The Morgan fingerprint density at radius 1 is 0.391 bits per heavy atom. The van der Waals surface area contributed by atoms with Crippen molar-refractivity contribution < 1.29 is 0 Å². The Morgan fingerprint density at radius 2 is 0.913 bits per heavy atom. The third kappa shape index (κ3) is 5.42. The van der Waals surface area contributed by atoms with E-state index >= 15 is 0 Å². The summed E-state index contributed by atoms with van der Waals surface area (Å²) in [6, 6.07) is 66.2. The minimum Gasteiger partial charge on any atom is -0.309 e. The molecule has 0 bridgehead atoms. The minimum atomic E-state index is 0.343. The number of aryl methyl sites for hydroxylation is 1. The van der Waals surface area contributed by atoms with Gasteiger partial charge in [-0.05, 0) is 82.1 Å². The molecule has 1 aromatic heterocycles. The second kappa shape index (κ2) is 12.4. The van der Waals surface area contributed by atoms with Gasteiger partial charge in [-0.15, -0.1) is 0 Å². The molecule has 0 amide bonds. The molecule has 8 rings (SSSR count). The maximum atomic E-state index is 2.37. The normalized spacial score (nSPS) is 12.0. The lowest BCUT2D eigenvalue weighted by atomic mass is 9.85. The summed E-state index contributed by atoms with van der Waals surface area (Å²) in [6.45, 7) is 0. The van der Waals surface area contributed by atoms with E-state index in [1.165, 1.54) is 66.4 Å². The Balaban J connectivity index is 1.05. The second-order valence-electron chi connectivity index (χ2n) is 12.1. The summed E-state index contributed by atoms with van der Waals surface area (Å²) in [6.07, 6.45) is 2.07. The van der Waals surface area contributed by atoms with E-state index in [2.05, 4.69) is 187 Å². The number of nitrogens with zero attached hydrogens (tertiary/aromatic N) is 1. The molecule has 0 aliphatic rings. The highest BCUT2D eigenvalue weighted by molar-refractivity contribution is 6.10. The van der Waals surface area contributed by atoms with Crippen LogP contribution in [0.5, 0.6) is 0 Å². The van der Waals surface area contributed by atoms with Crippen LogP contribution in [-0.2, 0) is 6.42 Å². The van der Waals surface area contributed by atoms with Gasteiger partial charge >= 0.3 is 0 Å². The number of rotatable bonds is 8. The number of aromatic nitrogens is 1. The first-order chi connectivity index (χ1) is 22.8. The van der Waals surface area contributed by atoms with Gasteiger partial charge in [0.2, 0.25) is 0 Å². The van der Waals surface area contributed by atoms with Gasteiger partial charge < -0.3 is 4.57 Å². The molecule has 1 atom stereocenters. The topological polar surface area (TPSA) is 4.93 Å². The molecule has 220 valence electrons. The van der Waals surface area contributed by atoms with Gasteiger partial charge in [-0.25, -0.2) is 0 Å². The average molecular weight is 590 g/mol. The fourth-order valence-corrected chi connectivity index (χ4v) is 6.93. The van der Waals surface area contributed by atoms with Gasteiger partial charge in [0.1, 0.15) is 0 Å². The van der Waals surface area contributed by atoms with Crippen LogP contribution in [0.2, 0.25) is 0 Å². The van der Waals surface area contributed by atoms with Crippen LogP contribution >= 0.6 is 0 Å². The first-order valence-corrected chi connectivity index (χ1v) is 16.2. The lowest BCUT2D eigenvalue weighted by Gasteiger charge is -2.19. The summed E-state index contributed by atoms with van der Waals surface area (Å²) in [7, 11) is 0. The lowest BCUT2D eigenvalue weighted by molar-refractivity contribution is 0.715. The highest BCUT2D eigenvalue weighted by Crippen LogP contribution is 2.36. The van der Waals surface area contributed by atoms with Crippen molar-refractivity contribution in [1.82, 2.24) is 4.57 Å². The Bertz CT molecular complexity index is 2210. The monoisotopic (exact) mass is 589 g/mol. The molecule has 0 radical (unpaired) electrons. The van der Waals surface area contributed by atoms with Gasteiger partial charge in [-0.1, -0.05) is 152 Å². The van der Waals surface area contributed by atoms with Crippen LogP contribution in [0.1, 0.15) is 29.0 Å². The third-order valence-corrected chi connectivity index (χ3v) is 9.32. The Labute approximate surface area is 271 Å². The van der Waals surface area contributed by atoms with Crippen molar-refractivity contribution in [1.29, 1.82) is 0 Å². The molecule has 46 heavy (non-hydrogen) atoms. The summed E-state index contributed by atoms with van der Waals surface area (Å²) in [5.74, 6) is 0.343. The van der Waals surface area contributed by atoms with Crippen molar-refractivity contribution in [2.24, 2.45) is 0 Å². The molecule has 0 aliphatic heterocycles. The predicted molar refractivity (Wildman–Crippen MR) is 195 cm³/mol.